The van der Waals surface area contributed by atoms with Crippen LogP contribution in [0.5, 0.6) is 0 Å². The number of amides is 1. The molecule has 1 aromatic heterocycles. The number of aliphatic hydroxyl groups is 1. The van der Waals surface area contributed by atoms with Gasteiger partial charge in [-0.25, -0.2) is 0 Å². The maximum atomic E-state index is 12.4. The fraction of sp³-hybridized carbons (Fsp3) is 0.706. The van der Waals surface area contributed by atoms with E-state index in [0.717, 1.165) is 25.9 Å². The Hall–Kier alpha value is -1.33. The first kappa shape index (κ1) is 15.6. The zero-order valence-corrected chi connectivity index (χ0v) is 13.5. The molecule has 2 aliphatic rings. The molecule has 1 N–H and O–H groups in total. The van der Waals surface area contributed by atoms with Crippen molar-refractivity contribution in [3.05, 3.63) is 24.2 Å². The highest BCUT2D eigenvalue weighted by atomic mass is 16.4. The highest BCUT2D eigenvalue weighted by Gasteiger charge is 2.50. The molecule has 0 radical (unpaired) electrons. The molecule has 5 nitrogen and oxygen atoms in total. The number of furan rings is 1. The van der Waals surface area contributed by atoms with E-state index >= 15 is 0 Å². The van der Waals surface area contributed by atoms with Crippen LogP contribution in [0.2, 0.25) is 0 Å². The summed E-state index contributed by atoms with van der Waals surface area (Å²) in [4.78, 5) is 16.6. The largest absolute Gasteiger partial charge is 0.466 e. The number of carbonyl (C=O) groups excluding carboxylic acids is 1. The van der Waals surface area contributed by atoms with Gasteiger partial charge in [0, 0.05) is 25.2 Å². The lowest BCUT2D eigenvalue weighted by molar-refractivity contribution is -0.136. The quantitative estimate of drug-likeness (QED) is 0.903. The van der Waals surface area contributed by atoms with Gasteiger partial charge in [-0.05, 0) is 51.7 Å². The molecule has 3 heterocycles. The van der Waals surface area contributed by atoms with Crippen LogP contribution < -0.4 is 0 Å². The molecule has 2 atom stereocenters. The Morgan fingerprint density at radius 3 is 2.50 bits per heavy atom. The van der Waals surface area contributed by atoms with Crippen LogP contribution >= 0.6 is 0 Å². The van der Waals surface area contributed by atoms with Gasteiger partial charge in [0.25, 0.3) is 0 Å². The van der Waals surface area contributed by atoms with Gasteiger partial charge < -0.3 is 14.4 Å². The number of hydrogen-bond acceptors (Lipinski definition) is 4. The number of nitrogens with zero attached hydrogens (tertiary/aromatic N) is 2. The second kappa shape index (κ2) is 6.05. The van der Waals surface area contributed by atoms with Crippen LogP contribution in [0.3, 0.4) is 0 Å². The van der Waals surface area contributed by atoms with Crippen molar-refractivity contribution in [2.24, 2.45) is 0 Å². The topological polar surface area (TPSA) is 56.9 Å². The maximum Gasteiger partial charge on any atom is 0.236 e. The third kappa shape index (κ3) is 2.68. The van der Waals surface area contributed by atoms with Gasteiger partial charge in [-0.1, -0.05) is 0 Å². The van der Waals surface area contributed by atoms with Crippen LogP contribution in [-0.2, 0) is 10.4 Å². The standard InChI is InChI=1S/C17H26N2O3/c1-3-18(4-2)16(20)12-19-13-7-8-14(19)11-17(21,10-13)15-6-5-9-22-15/h5-6,9,13-14,21H,3-4,7-8,10-12H2,1-2H3. The van der Waals surface area contributed by atoms with E-state index in [-0.39, 0.29) is 18.0 Å². The van der Waals surface area contributed by atoms with Crippen molar-refractivity contribution in [2.45, 2.75) is 57.2 Å². The lowest BCUT2D eigenvalue weighted by Crippen LogP contribution is -2.52. The van der Waals surface area contributed by atoms with E-state index in [1.54, 1.807) is 6.26 Å². The molecule has 0 spiro atoms. The van der Waals surface area contributed by atoms with Crippen molar-refractivity contribution in [3.8, 4) is 0 Å². The van der Waals surface area contributed by atoms with Crippen molar-refractivity contribution in [1.29, 1.82) is 0 Å². The van der Waals surface area contributed by atoms with Crippen molar-refractivity contribution >= 4 is 5.91 Å². The highest BCUT2D eigenvalue weighted by molar-refractivity contribution is 5.78. The van der Waals surface area contributed by atoms with Gasteiger partial charge in [0.1, 0.15) is 11.4 Å². The minimum atomic E-state index is -0.871. The normalized spacial score (nSPS) is 31.4. The molecular formula is C17H26N2O3. The van der Waals surface area contributed by atoms with Gasteiger partial charge in [-0.15, -0.1) is 0 Å². The van der Waals surface area contributed by atoms with E-state index in [9.17, 15) is 9.90 Å². The molecule has 1 amide bonds. The zero-order chi connectivity index (χ0) is 15.7. The summed E-state index contributed by atoms with van der Waals surface area (Å²) in [7, 11) is 0. The molecule has 122 valence electrons. The minimum absolute atomic E-state index is 0.199. The summed E-state index contributed by atoms with van der Waals surface area (Å²) in [5.74, 6) is 0.865. The predicted molar refractivity (Wildman–Crippen MR) is 83.3 cm³/mol. The van der Waals surface area contributed by atoms with Crippen LogP contribution in [0, 0.1) is 0 Å². The lowest BCUT2D eigenvalue weighted by atomic mass is 9.84. The van der Waals surface area contributed by atoms with Gasteiger partial charge in [0.2, 0.25) is 5.91 Å². The summed E-state index contributed by atoms with van der Waals surface area (Å²) < 4.78 is 5.45. The second-order valence-electron chi connectivity index (χ2n) is 6.54. The summed E-state index contributed by atoms with van der Waals surface area (Å²) >= 11 is 0. The Morgan fingerprint density at radius 2 is 2.00 bits per heavy atom. The molecule has 2 unspecified atom stereocenters. The highest BCUT2D eigenvalue weighted by Crippen LogP contribution is 2.45. The van der Waals surface area contributed by atoms with Gasteiger partial charge >= 0.3 is 0 Å². The molecule has 2 fully saturated rings. The second-order valence-corrected chi connectivity index (χ2v) is 6.54. The monoisotopic (exact) mass is 306 g/mol. The first-order valence-corrected chi connectivity index (χ1v) is 8.37. The summed E-state index contributed by atoms with van der Waals surface area (Å²) in [6, 6.07) is 4.23. The third-order valence-electron chi connectivity index (χ3n) is 5.33. The van der Waals surface area contributed by atoms with Gasteiger partial charge in [-0.2, -0.15) is 0 Å². The van der Waals surface area contributed by atoms with Crippen LogP contribution in [-0.4, -0.2) is 52.5 Å². The Kier molecular flexibility index (Phi) is 4.28. The van der Waals surface area contributed by atoms with Gasteiger partial charge in [0.15, 0.2) is 0 Å². The molecule has 5 heteroatoms. The fourth-order valence-corrected chi connectivity index (χ4v) is 4.15. The summed E-state index contributed by atoms with van der Waals surface area (Å²) in [6.45, 7) is 6.03. The SMILES string of the molecule is CCN(CC)C(=O)CN1C2CCC1CC(O)(c1ccco1)C2. The van der Waals surface area contributed by atoms with Crippen LogP contribution in [0.4, 0.5) is 0 Å². The molecule has 2 aliphatic heterocycles. The van der Waals surface area contributed by atoms with E-state index in [0.29, 0.717) is 25.1 Å². The third-order valence-corrected chi connectivity index (χ3v) is 5.33. The molecule has 0 saturated carbocycles. The Balaban J connectivity index is 1.70. The Labute approximate surface area is 131 Å². The Morgan fingerprint density at radius 1 is 1.36 bits per heavy atom. The summed E-state index contributed by atoms with van der Waals surface area (Å²) in [5.41, 5.74) is -0.871. The van der Waals surface area contributed by atoms with Crippen molar-refractivity contribution in [1.82, 2.24) is 9.80 Å². The van der Waals surface area contributed by atoms with Crippen molar-refractivity contribution < 1.29 is 14.3 Å². The molecule has 22 heavy (non-hydrogen) atoms. The van der Waals surface area contributed by atoms with Crippen LogP contribution in [0.1, 0.15) is 45.3 Å². The molecule has 0 aromatic carbocycles. The first-order valence-electron chi connectivity index (χ1n) is 8.37. The molecule has 2 saturated heterocycles. The van der Waals surface area contributed by atoms with Crippen LogP contribution in [0.15, 0.2) is 22.8 Å². The minimum Gasteiger partial charge on any atom is -0.466 e. The molecular weight excluding hydrogens is 280 g/mol. The van der Waals surface area contributed by atoms with Gasteiger partial charge in [-0.3, -0.25) is 9.69 Å². The smallest absolute Gasteiger partial charge is 0.236 e. The number of fused-ring (bicyclic) bond motifs is 2. The van der Waals surface area contributed by atoms with Crippen LogP contribution in [0.25, 0.3) is 0 Å². The number of rotatable bonds is 5. The number of piperidine rings is 1. The van der Waals surface area contributed by atoms with E-state index < -0.39 is 5.60 Å². The predicted octanol–water partition coefficient (Wildman–Crippen LogP) is 1.96. The number of carbonyl (C=O) groups is 1. The summed E-state index contributed by atoms with van der Waals surface area (Å²) in [6.07, 6.45) is 5.04. The molecule has 1 aromatic rings. The van der Waals surface area contributed by atoms with Crippen molar-refractivity contribution in [2.75, 3.05) is 19.6 Å². The number of hydrogen-bond donors (Lipinski definition) is 1. The molecule has 0 aliphatic carbocycles. The average molecular weight is 306 g/mol. The fourth-order valence-electron chi connectivity index (χ4n) is 4.15. The Bertz CT molecular complexity index is 496. The molecule has 3 rings (SSSR count). The van der Waals surface area contributed by atoms with Gasteiger partial charge in [0.05, 0.1) is 12.8 Å². The van der Waals surface area contributed by atoms with E-state index in [1.165, 1.54) is 0 Å². The van der Waals surface area contributed by atoms with E-state index in [2.05, 4.69) is 4.90 Å². The van der Waals surface area contributed by atoms with Crippen molar-refractivity contribution in [3.63, 3.8) is 0 Å². The lowest BCUT2D eigenvalue weighted by Gasteiger charge is -2.43. The summed E-state index contributed by atoms with van der Waals surface area (Å²) in [5, 5.41) is 10.9. The zero-order valence-electron chi connectivity index (χ0n) is 13.5. The number of likely N-dealkylation sites (N-methyl/N-ethyl adjacent to an activating group) is 1. The van der Waals surface area contributed by atoms with E-state index in [1.807, 2.05) is 30.9 Å². The average Bonchev–Trinajstić information content (AvgIpc) is 3.10. The first-order chi connectivity index (χ1) is 10.6. The maximum absolute atomic E-state index is 12.4. The molecule has 2 bridgehead atoms. The van der Waals surface area contributed by atoms with E-state index in [4.69, 9.17) is 4.42 Å².